The van der Waals surface area contributed by atoms with Crippen LogP contribution in [0.2, 0.25) is 4.34 Å². The van der Waals surface area contributed by atoms with Crippen molar-refractivity contribution < 1.29 is 8.78 Å². The third-order valence-electron chi connectivity index (χ3n) is 3.69. The molecular formula is C17H9ClF2N2S. The summed E-state index contributed by atoms with van der Waals surface area (Å²) < 4.78 is 29.5. The minimum Gasteiger partial charge on any atom is -0.345 e. The van der Waals surface area contributed by atoms with E-state index in [4.69, 9.17) is 11.6 Å². The van der Waals surface area contributed by atoms with E-state index in [-0.39, 0.29) is 11.1 Å². The van der Waals surface area contributed by atoms with E-state index in [0.717, 1.165) is 11.0 Å². The van der Waals surface area contributed by atoms with Crippen LogP contribution >= 0.6 is 22.9 Å². The zero-order chi connectivity index (χ0) is 16.0. The van der Waals surface area contributed by atoms with E-state index in [2.05, 4.69) is 9.97 Å². The number of imidazole rings is 1. The molecule has 0 saturated heterocycles. The van der Waals surface area contributed by atoms with E-state index >= 15 is 0 Å². The predicted molar refractivity (Wildman–Crippen MR) is 89.8 cm³/mol. The van der Waals surface area contributed by atoms with Crippen molar-refractivity contribution in [1.82, 2.24) is 9.97 Å². The SMILES string of the molecule is Fc1c(-c2csc(Cl)c2)ccc(-c2ccc3nc[nH]c3c2)c1F. The lowest BCUT2D eigenvalue weighted by Crippen LogP contribution is -1.93. The number of H-pyrrole nitrogens is 1. The molecule has 6 heteroatoms. The van der Waals surface area contributed by atoms with Gasteiger partial charge < -0.3 is 4.98 Å². The van der Waals surface area contributed by atoms with E-state index in [9.17, 15) is 8.78 Å². The molecule has 1 N–H and O–H groups in total. The van der Waals surface area contributed by atoms with Crippen LogP contribution in [0, 0.1) is 11.6 Å². The second kappa shape index (κ2) is 5.44. The Morgan fingerprint density at radius 1 is 0.957 bits per heavy atom. The van der Waals surface area contributed by atoms with Crippen molar-refractivity contribution in [2.24, 2.45) is 0 Å². The van der Waals surface area contributed by atoms with Gasteiger partial charge in [-0.25, -0.2) is 13.8 Å². The molecule has 114 valence electrons. The average molecular weight is 347 g/mol. The average Bonchev–Trinajstić information content (AvgIpc) is 3.18. The van der Waals surface area contributed by atoms with Gasteiger partial charge in [0.05, 0.1) is 21.7 Å². The van der Waals surface area contributed by atoms with Crippen molar-refractivity contribution in [3.8, 4) is 22.3 Å². The fourth-order valence-corrected chi connectivity index (χ4v) is 3.43. The van der Waals surface area contributed by atoms with Crippen molar-refractivity contribution in [2.45, 2.75) is 0 Å². The second-order valence-corrected chi connectivity index (χ2v) is 6.61. The summed E-state index contributed by atoms with van der Waals surface area (Å²) in [7, 11) is 0. The molecule has 0 atom stereocenters. The first-order valence-corrected chi connectivity index (χ1v) is 8.05. The first kappa shape index (κ1) is 14.4. The normalized spacial score (nSPS) is 11.3. The predicted octanol–water partition coefficient (Wildman–Crippen LogP) is 5.89. The van der Waals surface area contributed by atoms with Crippen LogP contribution in [0.5, 0.6) is 0 Å². The molecule has 0 unspecified atom stereocenters. The van der Waals surface area contributed by atoms with Crippen LogP contribution < -0.4 is 0 Å². The number of nitrogens with one attached hydrogen (secondary N) is 1. The Hall–Kier alpha value is -2.24. The van der Waals surface area contributed by atoms with Crippen LogP contribution in [0.15, 0.2) is 48.1 Å². The van der Waals surface area contributed by atoms with Gasteiger partial charge >= 0.3 is 0 Å². The van der Waals surface area contributed by atoms with E-state index in [1.165, 1.54) is 11.3 Å². The molecule has 23 heavy (non-hydrogen) atoms. The van der Waals surface area contributed by atoms with Crippen LogP contribution in [0.25, 0.3) is 33.3 Å². The summed E-state index contributed by atoms with van der Waals surface area (Å²) in [5, 5.41) is 1.70. The fourth-order valence-electron chi connectivity index (χ4n) is 2.55. The first-order valence-electron chi connectivity index (χ1n) is 6.79. The van der Waals surface area contributed by atoms with Gasteiger partial charge in [0.1, 0.15) is 0 Å². The number of nitrogens with zero attached hydrogens (tertiary/aromatic N) is 1. The van der Waals surface area contributed by atoms with Gasteiger partial charge in [-0.3, -0.25) is 0 Å². The largest absolute Gasteiger partial charge is 0.345 e. The van der Waals surface area contributed by atoms with Crippen LogP contribution in [-0.2, 0) is 0 Å². The molecule has 2 aromatic carbocycles. The highest BCUT2D eigenvalue weighted by Gasteiger charge is 2.17. The maximum absolute atomic E-state index is 14.5. The Labute approximate surface area is 139 Å². The molecule has 2 aromatic heterocycles. The Kier molecular flexibility index (Phi) is 3.39. The molecule has 4 rings (SSSR count). The number of hydrogen-bond donors (Lipinski definition) is 1. The third-order valence-corrected chi connectivity index (χ3v) is 4.78. The van der Waals surface area contributed by atoms with Crippen molar-refractivity contribution in [1.29, 1.82) is 0 Å². The summed E-state index contributed by atoms with van der Waals surface area (Å²) in [6.07, 6.45) is 1.56. The van der Waals surface area contributed by atoms with Crippen LogP contribution in [-0.4, -0.2) is 9.97 Å². The third kappa shape index (κ3) is 2.42. The zero-order valence-corrected chi connectivity index (χ0v) is 13.2. The lowest BCUT2D eigenvalue weighted by Gasteiger charge is -2.08. The van der Waals surface area contributed by atoms with Gasteiger partial charge in [-0.2, -0.15) is 0 Å². The maximum atomic E-state index is 14.5. The summed E-state index contributed by atoms with van der Waals surface area (Å²) in [4.78, 5) is 7.08. The van der Waals surface area contributed by atoms with E-state index in [0.29, 0.717) is 15.5 Å². The summed E-state index contributed by atoms with van der Waals surface area (Å²) >= 11 is 7.15. The molecule has 0 spiro atoms. The molecule has 2 heterocycles. The van der Waals surface area contributed by atoms with Crippen molar-refractivity contribution in [3.05, 3.63) is 64.1 Å². The van der Waals surface area contributed by atoms with E-state index in [1.807, 2.05) is 0 Å². The lowest BCUT2D eigenvalue weighted by molar-refractivity contribution is 0.514. The zero-order valence-electron chi connectivity index (χ0n) is 11.6. The molecule has 0 radical (unpaired) electrons. The van der Waals surface area contributed by atoms with Gasteiger partial charge in [-0.05, 0) is 29.3 Å². The quantitative estimate of drug-likeness (QED) is 0.481. The number of rotatable bonds is 2. The molecule has 4 aromatic rings. The minimum atomic E-state index is -0.873. The number of aromatic amines is 1. The summed E-state index contributed by atoms with van der Waals surface area (Å²) in [6, 6.07) is 10.0. The Morgan fingerprint density at radius 2 is 1.70 bits per heavy atom. The van der Waals surface area contributed by atoms with Crippen LogP contribution in [0.4, 0.5) is 8.78 Å². The fraction of sp³-hybridized carbons (Fsp3) is 0. The molecule has 0 saturated carbocycles. The standard InChI is InChI=1S/C17H9ClF2N2S/c18-15-6-10(7-23-15)12-3-2-11(16(19)17(12)20)9-1-4-13-14(5-9)22-8-21-13/h1-8H,(H,21,22). The van der Waals surface area contributed by atoms with Crippen molar-refractivity contribution >= 4 is 34.0 Å². The number of hydrogen-bond acceptors (Lipinski definition) is 2. The number of aromatic nitrogens is 2. The monoisotopic (exact) mass is 346 g/mol. The van der Waals surface area contributed by atoms with Crippen molar-refractivity contribution in [2.75, 3.05) is 0 Å². The minimum absolute atomic E-state index is 0.206. The molecule has 0 amide bonds. The van der Waals surface area contributed by atoms with Gasteiger partial charge in [0, 0.05) is 16.5 Å². The summed E-state index contributed by atoms with van der Waals surface area (Å²) in [5.41, 5.74) is 3.14. The van der Waals surface area contributed by atoms with Gasteiger partial charge in [0.15, 0.2) is 11.6 Å². The highest BCUT2D eigenvalue weighted by Crippen LogP contribution is 2.35. The number of fused-ring (bicyclic) bond motifs is 1. The summed E-state index contributed by atoms with van der Waals surface area (Å²) in [5.74, 6) is -1.75. The van der Waals surface area contributed by atoms with Crippen molar-refractivity contribution in [3.63, 3.8) is 0 Å². The molecule has 0 fully saturated rings. The second-order valence-electron chi connectivity index (χ2n) is 5.06. The number of halogens is 3. The molecule has 0 aliphatic heterocycles. The lowest BCUT2D eigenvalue weighted by atomic mass is 10.00. The molecule has 0 bridgehead atoms. The summed E-state index contributed by atoms with van der Waals surface area (Å²) in [6.45, 7) is 0. The topological polar surface area (TPSA) is 28.7 Å². The number of benzene rings is 2. The first-order chi connectivity index (χ1) is 11.1. The Bertz CT molecular complexity index is 1020. The molecular weight excluding hydrogens is 338 g/mol. The Morgan fingerprint density at radius 3 is 2.39 bits per heavy atom. The Balaban J connectivity index is 1.85. The molecule has 0 aliphatic carbocycles. The van der Waals surface area contributed by atoms with Gasteiger partial charge in [0.2, 0.25) is 0 Å². The molecule has 2 nitrogen and oxygen atoms in total. The van der Waals surface area contributed by atoms with E-state index in [1.54, 1.807) is 48.1 Å². The highest BCUT2D eigenvalue weighted by atomic mass is 35.5. The maximum Gasteiger partial charge on any atom is 0.167 e. The van der Waals surface area contributed by atoms with Gasteiger partial charge in [-0.1, -0.05) is 29.8 Å². The number of thiophene rings is 1. The van der Waals surface area contributed by atoms with Gasteiger partial charge in [0.25, 0.3) is 0 Å². The van der Waals surface area contributed by atoms with E-state index < -0.39 is 11.6 Å². The molecule has 0 aliphatic rings. The smallest absolute Gasteiger partial charge is 0.167 e. The highest BCUT2D eigenvalue weighted by molar-refractivity contribution is 7.14. The van der Waals surface area contributed by atoms with Crippen LogP contribution in [0.3, 0.4) is 0 Å². The van der Waals surface area contributed by atoms with Gasteiger partial charge in [-0.15, -0.1) is 11.3 Å². The van der Waals surface area contributed by atoms with Crippen LogP contribution in [0.1, 0.15) is 0 Å².